The monoisotopic (exact) mass is 181 g/mol. The van der Waals surface area contributed by atoms with Gasteiger partial charge in [-0.05, 0) is 19.1 Å². The van der Waals surface area contributed by atoms with Crippen LogP contribution in [0.2, 0.25) is 0 Å². The van der Waals surface area contributed by atoms with E-state index >= 15 is 0 Å². The Morgan fingerprint density at radius 2 is 2.00 bits per heavy atom. The van der Waals surface area contributed by atoms with Crippen molar-refractivity contribution in [3.63, 3.8) is 0 Å². The molecule has 0 saturated carbocycles. The van der Waals surface area contributed by atoms with E-state index in [1.54, 1.807) is 0 Å². The minimum atomic E-state index is 0.821. The molecule has 2 aliphatic heterocycles. The van der Waals surface area contributed by atoms with Crippen LogP contribution < -0.4 is 10.9 Å². The third-order valence-electron chi connectivity index (χ3n) is 2.23. The zero-order chi connectivity index (χ0) is 9.10. The van der Waals surface area contributed by atoms with Gasteiger partial charge in [0.25, 0.3) is 0 Å². The summed E-state index contributed by atoms with van der Waals surface area (Å²) in [6, 6.07) is 0. The van der Waals surface area contributed by atoms with Crippen molar-refractivity contribution in [3.8, 4) is 0 Å². The molecule has 2 N–H and O–H groups in total. The number of nitrogens with zero attached hydrogens (tertiary/aromatic N) is 1. The summed E-state index contributed by atoms with van der Waals surface area (Å²) < 4.78 is 5.28. The van der Waals surface area contributed by atoms with Crippen molar-refractivity contribution in [2.75, 3.05) is 26.3 Å². The Kier molecular flexibility index (Phi) is 2.40. The van der Waals surface area contributed by atoms with Crippen LogP contribution in [0.4, 0.5) is 0 Å². The summed E-state index contributed by atoms with van der Waals surface area (Å²) in [5.74, 6) is 1.13. The maximum Gasteiger partial charge on any atom is 0.120 e. The maximum atomic E-state index is 5.28. The Morgan fingerprint density at radius 3 is 2.62 bits per heavy atom. The molecule has 0 unspecified atom stereocenters. The van der Waals surface area contributed by atoms with Gasteiger partial charge >= 0.3 is 0 Å². The van der Waals surface area contributed by atoms with Crippen molar-refractivity contribution in [1.82, 2.24) is 15.8 Å². The molecule has 13 heavy (non-hydrogen) atoms. The highest BCUT2D eigenvalue weighted by molar-refractivity contribution is 5.18. The van der Waals surface area contributed by atoms with Crippen LogP contribution in [0.25, 0.3) is 0 Å². The molecule has 0 bridgehead atoms. The lowest BCUT2D eigenvalue weighted by Crippen LogP contribution is -2.45. The Morgan fingerprint density at radius 1 is 1.23 bits per heavy atom. The molecule has 0 atom stereocenters. The quantitative estimate of drug-likeness (QED) is 0.604. The molecule has 2 aliphatic rings. The van der Waals surface area contributed by atoms with Crippen molar-refractivity contribution < 1.29 is 4.74 Å². The molecule has 2 heterocycles. The number of hydrogen-bond acceptors (Lipinski definition) is 4. The number of hydrogen-bond donors (Lipinski definition) is 2. The van der Waals surface area contributed by atoms with Gasteiger partial charge in [0.2, 0.25) is 0 Å². The number of ether oxygens (including phenoxy) is 1. The summed E-state index contributed by atoms with van der Waals surface area (Å²) in [5, 5.41) is 0. The van der Waals surface area contributed by atoms with Crippen LogP contribution in [-0.2, 0) is 4.74 Å². The molecular weight excluding hydrogens is 166 g/mol. The molecule has 0 aromatic heterocycles. The van der Waals surface area contributed by atoms with E-state index in [1.807, 2.05) is 6.92 Å². The second-order valence-corrected chi connectivity index (χ2v) is 3.25. The minimum Gasteiger partial charge on any atom is -0.378 e. The molecule has 0 spiro atoms. The van der Waals surface area contributed by atoms with Crippen molar-refractivity contribution >= 4 is 0 Å². The zero-order valence-electron chi connectivity index (χ0n) is 7.84. The molecule has 0 aliphatic carbocycles. The Balaban J connectivity index is 1.99. The van der Waals surface area contributed by atoms with Gasteiger partial charge in [-0.2, -0.15) is 0 Å². The summed E-state index contributed by atoms with van der Waals surface area (Å²) >= 11 is 0. The molecule has 4 nitrogen and oxygen atoms in total. The van der Waals surface area contributed by atoms with Crippen molar-refractivity contribution in [2.24, 2.45) is 0 Å². The Hall–Kier alpha value is -1.16. The largest absolute Gasteiger partial charge is 0.378 e. The third kappa shape index (κ3) is 1.95. The van der Waals surface area contributed by atoms with Crippen molar-refractivity contribution in [2.45, 2.75) is 6.92 Å². The second-order valence-electron chi connectivity index (χ2n) is 3.25. The standard InChI is InChI=1S/C9H15N3O/c1-8-2-3-9(11-10-8)12-4-6-13-7-5-12/h2-3,10-11H,4-7H2,1H3. The fourth-order valence-electron chi connectivity index (χ4n) is 1.44. The fourth-order valence-corrected chi connectivity index (χ4v) is 1.44. The highest BCUT2D eigenvalue weighted by Crippen LogP contribution is 2.07. The highest BCUT2D eigenvalue weighted by Gasteiger charge is 2.14. The average Bonchev–Trinajstić information content (AvgIpc) is 2.20. The number of rotatable bonds is 1. The van der Waals surface area contributed by atoms with Gasteiger partial charge in [-0.25, -0.2) is 0 Å². The fraction of sp³-hybridized carbons (Fsp3) is 0.556. The van der Waals surface area contributed by atoms with E-state index in [1.165, 1.54) is 0 Å². The van der Waals surface area contributed by atoms with Crippen LogP contribution in [0.1, 0.15) is 6.92 Å². The van der Waals surface area contributed by atoms with Gasteiger partial charge in [0.15, 0.2) is 0 Å². The summed E-state index contributed by atoms with van der Waals surface area (Å²) in [6.45, 7) is 5.60. The smallest absolute Gasteiger partial charge is 0.120 e. The maximum absolute atomic E-state index is 5.28. The van der Waals surface area contributed by atoms with E-state index in [0.29, 0.717) is 0 Å². The van der Waals surface area contributed by atoms with Crippen LogP contribution in [0, 0.1) is 0 Å². The van der Waals surface area contributed by atoms with Crippen LogP contribution in [0.5, 0.6) is 0 Å². The number of allylic oxidation sites excluding steroid dienone is 3. The predicted molar refractivity (Wildman–Crippen MR) is 50.5 cm³/mol. The van der Waals surface area contributed by atoms with Crippen molar-refractivity contribution in [3.05, 3.63) is 23.7 Å². The molecule has 0 amide bonds. The lowest BCUT2D eigenvalue weighted by atomic mass is 10.3. The van der Waals surface area contributed by atoms with Gasteiger partial charge in [0.05, 0.1) is 13.2 Å². The summed E-state index contributed by atoms with van der Waals surface area (Å²) in [4.78, 5) is 2.28. The van der Waals surface area contributed by atoms with E-state index < -0.39 is 0 Å². The summed E-state index contributed by atoms with van der Waals surface area (Å²) in [6.07, 6.45) is 4.17. The molecule has 4 heteroatoms. The lowest BCUT2D eigenvalue weighted by molar-refractivity contribution is 0.0493. The first kappa shape index (κ1) is 8.44. The van der Waals surface area contributed by atoms with Gasteiger partial charge in [-0.15, -0.1) is 0 Å². The van der Waals surface area contributed by atoms with Gasteiger partial charge in [-0.3, -0.25) is 5.43 Å². The highest BCUT2D eigenvalue weighted by atomic mass is 16.5. The molecule has 0 aromatic rings. The number of morpholine rings is 1. The molecule has 72 valence electrons. The normalized spacial score (nSPS) is 22.7. The third-order valence-corrected chi connectivity index (χ3v) is 2.23. The number of nitrogens with one attached hydrogen (secondary N) is 2. The van der Waals surface area contributed by atoms with E-state index in [9.17, 15) is 0 Å². The van der Waals surface area contributed by atoms with Gasteiger partial charge < -0.3 is 15.1 Å². The molecule has 0 aromatic carbocycles. The van der Waals surface area contributed by atoms with E-state index in [0.717, 1.165) is 37.8 Å². The SMILES string of the molecule is CC1=CC=C(N2CCOCC2)NN1. The molecule has 2 rings (SSSR count). The minimum absolute atomic E-state index is 0.821. The van der Waals surface area contributed by atoms with E-state index in [-0.39, 0.29) is 0 Å². The first-order chi connectivity index (χ1) is 6.36. The van der Waals surface area contributed by atoms with E-state index in [2.05, 4.69) is 27.9 Å². The predicted octanol–water partition coefficient (Wildman–Crippen LogP) is 0.172. The topological polar surface area (TPSA) is 36.5 Å². The molecular formula is C9H15N3O. The molecule has 1 saturated heterocycles. The van der Waals surface area contributed by atoms with Crippen molar-refractivity contribution in [1.29, 1.82) is 0 Å². The Bertz CT molecular complexity index is 241. The van der Waals surface area contributed by atoms with Crippen LogP contribution in [0.15, 0.2) is 23.7 Å². The van der Waals surface area contributed by atoms with Gasteiger partial charge in [0, 0.05) is 18.8 Å². The summed E-state index contributed by atoms with van der Waals surface area (Å²) in [7, 11) is 0. The Labute approximate surface area is 78.2 Å². The van der Waals surface area contributed by atoms with Gasteiger partial charge in [-0.1, -0.05) is 0 Å². The summed E-state index contributed by atoms with van der Waals surface area (Å²) in [5.41, 5.74) is 7.38. The van der Waals surface area contributed by atoms with Crippen LogP contribution in [0.3, 0.4) is 0 Å². The average molecular weight is 181 g/mol. The second kappa shape index (κ2) is 3.70. The zero-order valence-corrected chi connectivity index (χ0v) is 7.84. The molecule has 1 fully saturated rings. The molecule has 0 radical (unpaired) electrons. The number of hydrazine groups is 1. The lowest BCUT2D eigenvalue weighted by Gasteiger charge is -2.32. The van der Waals surface area contributed by atoms with Crippen LogP contribution >= 0.6 is 0 Å². The first-order valence-corrected chi connectivity index (χ1v) is 4.59. The first-order valence-electron chi connectivity index (χ1n) is 4.59. The van der Waals surface area contributed by atoms with E-state index in [4.69, 9.17) is 4.74 Å². The van der Waals surface area contributed by atoms with Crippen LogP contribution in [-0.4, -0.2) is 31.2 Å². The van der Waals surface area contributed by atoms with Gasteiger partial charge in [0.1, 0.15) is 5.82 Å².